The standard InChI is InChI=1S/C22H27NO2/c1-6-8-15-12-21(4)16(14(3)20(15)25)9-10-22(7-2)13-17(23-5)18(24)11-19(21)22/h2,11-14,16,23H,6,8-10H2,1,3-5H3. The highest BCUT2D eigenvalue weighted by molar-refractivity contribution is 6.06. The molecule has 3 aliphatic carbocycles. The van der Waals surface area contributed by atoms with Gasteiger partial charge >= 0.3 is 0 Å². The van der Waals surface area contributed by atoms with Crippen molar-refractivity contribution in [1.29, 1.82) is 0 Å². The van der Waals surface area contributed by atoms with E-state index in [9.17, 15) is 9.59 Å². The number of carbonyl (C=O) groups is 2. The molecule has 0 amide bonds. The van der Waals surface area contributed by atoms with E-state index in [1.165, 1.54) is 0 Å². The summed E-state index contributed by atoms with van der Waals surface area (Å²) in [7, 11) is 1.75. The van der Waals surface area contributed by atoms with Crippen LogP contribution >= 0.6 is 0 Å². The molecule has 1 N–H and O–H groups in total. The predicted molar refractivity (Wildman–Crippen MR) is 99.5 cm³/mol. The van der Waals surface area contributed by atoms with Gasteiger partial charge in [0.2, 0.25) is 5.78 Å². The molecule has 0 saturated heterocycles. The van der Waals surface area contributed by atoms with Gasteiger partial charge in [0.25, 0.3) is 0 Å². The van der Waals surface area contributed by atoms with E-state index < -0.39 is 5.41 Å². The van der Waals surface area contributed by atoms with Gasteiger partial charge in [-0.3, -0.25) is 9.59 Å². The van der Waals surface area contributed by atoms with Crippen LogP contribution in [0.25, 0.3) is 0 Å². The zero-order chi connectivity index (χ0) is 18.4. The molecule has 0 aromatic heterocycles. The maximum absolute atomic E-state index is 12.8. The van der Waals surface area contributed by atoms with Gasteiger partial charge < -0.3 is 5.32 Å². The van der Waals surface area contributed by atoms with Crippen LogP contribution in [-0.4, -0.2) is 18.6 Å². The molecule has 4 atom stereocenters. The molecule has 0 aliphatic heterocycles. The van der Waals surface area contributed by atoms with E-state index in [-0.39, 0.29) is 28.8 Å². The first kappa shape index (κ1) is 17.7. The molecule has 1 saturated carbocycles. The third-order valence-corrected chi connectivity index (χ3v) is 6.47. The number of carbonyl (C=O) groups excluding carboxylic acids is 2. The first-order valence-electron chi connectivity index (χ1n) is 9.24. The van der Waals surface area contributed by atoms with Crippen molar-refractivity contribution in [2.24, 2.45) is 22.7 Å². The number of hydrogen-bond acceptors (Lipinski definition) is 3. The third-order valence-electron chi connectivity index (χ3n) is 6.47. The number of fused-ring (bicyclic) bond motifs is 3. The highest BCUT2D eigenvalue weighted by Crippen LogP contribution is 2.60. The molecule has 132 valence electrons. The van der Waals surface area contributed by atoms with Crippen molar-refractivity contribution < 1.29 is 9.59 Å². The van der Waals surface area contributed by atoms with Crippen molar-refractivity contribution in [3.63, 3.8) is 0 Å². The third kappa shape index (κ3) is 2.42. The van der Waals surface area contributed by atoms with Crippen LogP contribution < -0.4 is 5.32 Å². The molecular weight excluding hydrogens is 310 g/mol. The lowest BCUT2D eigenvalue weighted by molar-refractivity contribution is -0.123. The Balaban J connectivity index is 2.19. The summed E-state index contributed by atoms with van der Waals surface area (Å²) in [5.74, 6) is 3.40. The minimum absolute atomic E-state index is 0.0276. The molecule has 4 unspecified atom stereocenters. The second-order valence-corrected chi connectivity index (χ2v) is 7.85. The first-order valence-corrected chi connectivity index (χ1v) is 9.24. The first-order chi connectivity index (χ1) is 11.8. The maximum atomic E-state index is 12.8. The Morgan fingerprint density at radius 1 is 1.36 bits per heavy atom. The number of allylic oxidation sites excluding steroid dienone is 5. The van der Waals surface area contributed by atoms with Crippen molar-refractivity contribution in [3.05, 3.63) is 35.1 Å². The van der Waals surface area contributed by atoms with Gasteiger partial charge in [-0.15, -0.1) is 6.42 Å². The molecule has 25 heavy (non-hydrogen) atoms. The Labute approximate surface area is 150 Å². The van der Waals surface area contributed by atoms with E-state index in [0.717, 1.165) is 36.8 Å². The fraction of sp³-hybridized carbons (Fsp3) is 0.545. The molecule has 0 spiro atoms. The van der Waals surface area contributed by atoms with Crippen LogP contribution in [0.3, 0.4) is 0 Å². The van der Waals surface area contributed by atoms with E-state index in [0.29, 0.717) is 5.70 Å². The van der Waals surface area contributed by atoms with Gasteiger partial charge in [0.15, 0.2) is 5.78 Å². The SMILES string of the molecule is C#CC12C=C(NC)C(=O)C=C1C1(C)C=C(CCC)C(=O)C(C)C1CC2. The largest absolute Gasteiger partial charge is 0.385 e. The van der Waals surface area contributed by atoms with E-state index in [1.807, 2.05) is 13.0 Å². The molecule has 0 radical (unpaired) electrons. The van der Waals surface area contributed by atoms with E-state index in [2.05, 4.69) is 31.2 Å². The average Bonchev–Trinajstić information content (AvgIpc) is 2.60. The van der Waals surface area contributed by atoms with Crippen LogP contribution in [0.15, 0.2) is 35.1 Å². The summed E-state index contributed by atoms with van der Waals surface area (Å²) in [4.78, 5) is 25.3. The summed E-state index contributed by atoms with van der Waals surface area (Å²) in [6, 6.07) is 0. The fourth-order valence-electron chi connectivity index (χ4n) is 5.17. The number of nitrogens with one attached hydrogen (secondary N) is 1. The Hall–Kier alpha value is -2.08. The quantitative estimate of drug-likeness (QED) is 0.801. The fourth-order valence-corrected chi connectivity index (χ4v) is 5.17. The normalized spacial score (nSPS) is 37.2. The number of Topliss-reactive ketones (excluding diaryl/α,β-unsaturated/α-hetero) is 1. The van der Waals surface area contributed by atoms with Crippen molar-refractivity contribution in [1.82, 2.24) is 5.32 Å². The number of hydrogen-bond donors (Lipinski definition) is 1. The number of rotatable bonds is 3. The smallest absolute Gasteiger partial charge is 0.201 e. The topological polar surface area (TPSA) is 46.2 Å². The van der Waals surface area contributed by atoms with Crippen LogP contribution in [0.5, 0.6) is 0 Å². The van der Waals surface area contributed by atoms with Gasteiger partial charge in [-0.05, 0) is 48.5 Å². The monoisotopic (exact) mass is 337 g/mol. The van der Waals surface area contributed by atoms with Crippen LogP contribution in [0.2, 0.25) is 0 Å². The lowest BCUT2D eigenvalue weighted by Gasteiger charge is -2.54. The molecule has 0 bridgehead atoms. The molecule has 3 aliphatic rings. The summed E-state index contributed by atoms with van der Waals surface area (Å²) in [5.41, 5.74) is 1.59. The molecule has 0 aromatic carbocycles. The minimum Gasteiger partial charge on any atom is -0.385 e. The van der Waals surface area contributed by atoms with Crippen molar-refractivity contribution in [3.8, 4) is 12.3 Å². The molecule has 0 aromatic rings. The highest BCUT2D eigenvalue weighted by Gasteiger charge is 2.55. The van der Waals surface area contributed by atoms with E-state index in [4.69, 9.17) is 6.42 Å². The Morgan fingerprint density at radius 3 is 2.68 bits per heavy atom. The van der Waals surface area contributed by atoms with Crippen molar-refractivity contribution >= 4 is 11.6 Å². The molecule has 0 heterocycles. The highest BCUT2D eigenvalue weighted by atomic mass is 16.1. The summed E-state index contributed by atoms with van der Waals surface area (Å²) in [5, 5.41) is 2.98. The van der Waals surface area contributed by atoms with Crippen LogP contribution in [0.4, 0.5) is 0 Å². The van der Waals surface area contributed by atoms with Gasteiger partial charge in [-0.2, -0.15) is 0 Å². The van der Waals surface area contributed by atoms with Crippen molar-refractivity contribution in [2.45, 2.75) is 46.5 Å². The Morgan fingerprint density at radius 2 is 2.08 bits per heavy atom. The molecule has 3 rings (SSSR count). The molecular formula is C22H27NO2. The zero-order valence-electron chi connectivity index (χ0n) is 15.6. The lowest BCUT2D eigenvalue weighted by Crippen LogP contribution is -2.49. The Bertz CT molecular complexity index is 763. The maximum Gasteiger partial charge on any atom is 0.201 e. The summed E-state index contributed by atoms with van der Waals surface area (Å²) < 4.78 is 0. The van der Waals surface area contributed by atoms with Gasteiger partial charge in [0, 0.05) is 18.4 Å². The van der Waals surface area contributed by atoms with Gasteiger partial charge in [0.05, 0.1) is 11.1 Å². The zero-order valence-corrected chi connectivity index (χ0v) is 15.6. The number of terminal acetylenes is 1. The molecule has 3 nitrogen and oxygen atoms in total. The van der Waals surface area contributed by atoms with Gasteiger partial charge in [0.1, 0.15) is 0 Å². The molecule has 1 fully saturated rings. The second-order valence-electron chi connectivity index (χ2n) is 7.85. The number of ketones is 2. The summed E-state index contributed by atoms with van der Waals surface area (Å²) in [6.45, 7) is 6.29. The Kier molecular flexibility index (Phi) is 4.27. The minimum atomic E-state index is -0.536. The van der Waals surface area contributed by atoms with Crippen molar-refractivity contribution in [2.75, 3.05) is 7.05 Å². The molecule has 3 heteroatoms. The van der Waals surface area contributed by atoms with Crippen LogP contribution in [0.1, 0.15) is 46.5 Å². The van der Waals surface area contributed by atoms with Gasteiger partial charge in [-0.25, -0.2) is 0 Å². The van der Waals surface area contributed by atoms with Gasteiger partial charge in [-0.1, -0.05) is 39.2 Å². The summed E-state index contributed by atoms with van der Waals surface area (Å²) in [6.07, 6.45) is 15.2. The number of likely N-dealkylation sites (N-methyl/N-ethyl adjacent to an activating group) is 1. The van der Waals surface area contributed by atoms with E-state index in [1.54, 1.807) is 13.1 Å². The second kappa shape index (κ2) is 6.02. The average molecular weight is 337 g/mol. The van der Waals surface area contributed by atoms with E-state index >= 15 is 0 Å². The van der Waals surface area contributed by atoms with Crippen LogP contribution in [0, 0.1) is 35.0 Å². The van der Waals surface area contributed by atoms with Crippen LogP contribution in [-0.2, 0) is 9.59 Å². The summed E-state index contributed by atoms with van der Waals surface area (Å²) >= 11 is 0. The lowest BCUT2D eigenvalue weighted by atomic mass is 9.48. The predicted octanol–water partition coefficient (Wildman–Crippen LogP) is 3.58.